The standard InChI is InChI=1S/C17H22O6P2.3K/c1-13-12-16(15-6-3-2-4-7-15)11-10-14(13)8-5-9-17(24(18,19)20)25(21,22)23;;;/h2-4,6-7,10-12,17H,5,8-9H2,1H3,(H2,18,19,20)(H2,21,22,23);;;/q;3*+1/p-3. The molecule has 0 heterocycles. The molecule has 2 aromatic carbocycles. The predicted molar refractivity (Wildman–Crippen MR) is 90.8 cm³/mol. The Morgan fingerprint density at radius 3 is 1.96 bits per heavy atom. The smallest absolute Gasteiger partial charge is 0.810 e. The molecule has 0 aliphatic carbocycles. The SMILES string of the molecule is Cc1cc(-c2ccccc2)ccc1CCCC(P(=O)([O-])[O-])P(=O)([O-])O.[K+].[K+].[K+]. The van der Waals surface area contributed by atoms with Crippen LogP contribution in [0.4, 0.5) is 0 Å². The molecule has 2 rings (SSSR count). The average molecular weight is 499 g/mol. The Morgan fingerprint density at radius 2 is 1.50 bits per heavy atom. The molecule has 0 amide bonds. The summed E-state index contributed by atoms with van der Waals surface area (Å²) in [6.45, 7) is 1.91. The van der Waals surface area contributed by atoms with Crippen LogP contribution in [0.5, 0.6) is 0 Å². The molecular weight excluding hydrogens is 479 g/mol. The molecule has 11 heteroatoms. The van der Waals surface area contributed by atoms with E-state index < -0.39 is 27.0 Å². The van der Waals surface area contributed by atoms with Gasteiger partial charge in [0.15, 0.2) is 0 Å². The summed E-state index contributed by atoms with van der Waals surface area (Å²) in [6, 6.07) is 15.6. The molecule has 0 aromatic heterocycles. The molecule has 6 nitrogen and oxygen atoms in total. The Morgan fingerprint density at radius 1 is 0.929 bits per heavy atom. The molecule has 2 aromatic rings. The van der Waals surface area contributed by atoms with E-state index in [4.69, 9.17) is 4.89 Å². The third kappa shape index (κ3) is 11.2. The van der Waals surface area contributed by atoms with Gasteiger partial charge in [0.2, 0.25) is 0 Å². The second-order valence-corrected chi connectivity index (χ2v) is 9.85. The van der Waals surface area contributed by atoms with Crippen molar-refractivity contribution in [3.05, 3.63) is 59.7 Å². The molecule has 28 heavy (non-hydrogen) atoms. The first-order valence-corrected chi connectivity index (χ1v) is 11.0. The zero-order valence-corrected chi connectivity index (χ0v) is 27.9. The zero-order chi connectivity index (χ0) is 18.7. The minimum Gasteiger partial charge on any atom is -0.810 e. The molecule has 2 atom stereocenters. The molecule has 136 valence electrons. The average Bonchev–Trinajstić information content (AvgIpc) is 2.51. The first kappa shape index (κ1) is 33.8. The van der Waals surface area contributed by atoms with Crippen LogP contribution in [0.15, 0.2) is 48.5 Å². The summed E-state index contributed by atoms with van der Waals surface area (Å²) >= 11 is 0. The Balaban J connectivity index is 0. The van der Waals surface area contributed by atoms with Crippen LogP contribution in [0, 0.1) is 6.92 Å². The summed E-state index contributed by atoms with van der Waals surface area (Å²) in [5.41, 5.74) is 4.04. The maximum atomic E-state index is 11.1. The Labute approximate surface area is 293 Å². The number of aryl methyl sites for hydroxylation is 2. The van der Waals surface area contributed by atoms with E-state index in [2.05, 4.69) is 0 Å². The van der Waals surface area contributed by atoms with Crippen LogP contribution in [0.3, 0.4) is 0 Å². The summed E-state index contributed by atoms with van der Waals surface area (Å²) in [7, 11) is -10.6. The largest absolute Gasteiger partial charge is 1.00 e. The van der Waals surface area contributed by atoms with E-state index in [0.717, 1.165) is 22.3 Å². The van der Waals surface area contributed by atoms with Gasteiger partial charge in [-0.3, -0.25) is 0 Å². The predicted octanol–water partition coefficient (Wildman–Crippen LogP) is -7.22. The molecule has 1 N–H and O–H groups in total. The summed E-state index contributed by atoms with van der Waals surface area (Å²) < 4.78 is 22.1. The fraction of sp³-hybridized carbons (Fsp3) is 0.294. The van der Waals surface area contributed by atoms with Crippen molar-refractivity contribution >= 4 is 15.2 Å². The Bertz CT molecular complexity index is 801. The van der Waals surface area contributed by atoms with Gasteiger partial charge in [-0.25, -0.2) is 0 Å². The topological polar surface area (TPSA) is 124 Å². The summed E-state index contributed by atoms with van der Waals surface area (Å²) in [4.78, 5) is 42.1. The molecule has 0 saturated carbocycles. The van der Waals surface area contributed by atoms with Gasteiger partial charge in [0.25, 0.3) is 0 Å². The summed E-state index contributed by atoms with van der Waals surface area (Å²) in [5.74, 6) is 0. The number of benzene rings is 2. The van der Waals surface area contributed by atoms with E-state index in [1.165, 1.54) is 0 Å². The third-order valence-electron chi connectivity index (χ3n) is 4.10. The van der Waals surface area contributed by atoms with E-state index in [9.17, 15) is 23.8 Å². The summed E-state index contributed by atoms with van der Waals surface area (Å²) in [5, 5.41) is -2.26. The van der Waals surface area contributed by atoms with Crippen molar-refractivity contribution in [2.24, 2.45) is 0 Å². The minimum atomic E-state index is -5.40. The Kier molecular flexibility index (Phi) is 18.8. The van der Waals surface area contributed by atoms with Crippen LogP contribution >= 0.6 is 15.2 Å². The summed E-state index contributed by atoms with van der Waals surface area (Å²) in [6.07, 6.45) is 0.163. The molecular formula is C17H19K3O6P2. The van der Waals surface area contributed by atoms with Crippen molar-refractivity contribution in [3.63, 3.8) is 0 Å². The van der Waals surface area contributed by atoms with Crippen molar-refractivity contribution in [1.82, 2.24) is 0 Å². The Hall–Kier alpha value is 3.65. The van der Waals surface area contributed by atoms with E-state index in [1.807, 2.05) is 55.5 Å². The van der Waals surface area contributed by atoms with Crippen molar-refractivity contribution in [3.8, 4) is 11.1 Å². The normalized spacial score (nSPS) is 13.9. The number of hydrogen-bond acceptors (Lipinski definition) is 5. The van der Waals surface area contributed by atoms with Crippen molar-refractivity contribution < 1.29 is 183 Å². The monoisotopic (exact) mass is 498 g/mol. The van der Waals surface area contributed by atoms with Gasteiger partial charge in [-0.05, 0) is 48.4 Å². The first-order valence-electron chi connectivity index (χ1n) is 7.79. The fourth-order valence-electron chi connectivity index (χ4n) is 2.76. The van der Waals surface area contributed by atoms with Gasteiger partial charge < -0.3 is 28.7 Å². The van der Waals surface area contributed by atoms with Gasteiger partial charge in [-0.1, -0.05) is 56.1 Å². The van der Waals surface area contributed by atoms with E-state index >= 15 is 0 Å². The van der Waals surface area contributed by atoms with E-state index in [-0.39, 0.29) is 161 Å². The maximum absolute atomic E-state index is 11.1. The molecule has 0 aliphatic heterocycles. The van der Waals surface area contributed by atoms with Crippen molar-refractivity contribution in [1.29, 1.82) is 0 Å². The second kappa shape index (κ2) is 15.5. The van der Waals surface area contributed by atoms with Gasteiger partial charge in [0, 0.05) is 0 Å². The molecule has 0 spiro atoms. The van der Waals surface area contributed by atoms with Gasteiger partial charge in [0.05, 0.1) is 5.40 Å². The third-order valence-corrected chi connectivity index (χ3v) is 7.82. The maximum Gasteiger partial charge on any atom is 1.00 e. The van der Waals surface area contributed by atoms with Crippen LogP contribution in [0.1, 0.15) is 24.0 Å². The first-order chi connectivity index (χ1) is 11.6. The van der Waals surface area contributed by atoms with Crippen LogP contribution < -0.4 is 169 Å². The molecule has 0 bridgehead atoms. The second-order valence-electron chi connectivity index (χ2n) is 5.98. The zero-order valence-electron chi connectivity index (χ0n) is 16.7. The fourth-order valence-corrected chi connectivity index (χ4v) is 5.20. The molecule has 0 aliphatic rings. The van der Waals surface area contributed by atoms with Crippen LogP contribution in [0.2, 0.25) is 0 Å². The van der Waals surface area contributed by atoms with Gasteiger partial charge >= 0.3 is 154 Å². The minimum absolute atomic E-state index is 0. The molecule has 0 radical (unpaired) electrons. The molecule has 0 saturated heterocycles. The van der Waals surface area contributed by atoms with Crippen LogP contribution in [-0.2, 0) is 15.6 Å². The van der Waals surface area contributed by atoms with Gasteiger partial charge in [-0.2, -0.15) is 0 Å². The molecule has 0 fully saturated rings. The van der Waals surface area contributed by atoms with E-state index in [0.29, 0.717) is 6.42 Å². The van der Waals surface area contributed by atoms with E-state index in [1.54, 1.807) is 0 Å². The van der Waals surface area contributed by atoms with Gasteiger partial charge in [0.1, 0.15) is 7.60 Å². The van der Waals surface area contributed by atoms with Crippen molar-refractivity contribution in [2.75, 3.05) is 0 Å². The van der Waals surface area contributed by atoms with Crippen molar-refractivity contribution in [2.45, 2.75) is 31.6 Å². The van der Waals surface area contributed by atoms with Crippen LogP contribution in [0.25, 0.3) is 11.1 Å². The molecule has 2 unspecified atom stereocenters. The number of rotatable bonds is 7. The van der Waals surface area contributed by atoms with Gasteiger partial charge in [-0.15, -0.1) is 0 Å². The number of hydrogen-bond donors (Lipinski definition) is 1. The van der Waals surface area contributed by atoms with Crippen LogP contribution in [-0.4, -0.2) is 10.3 Å². The quantitative estimate of drug-likeness (QED) is 0.299.